The van der Waals surface area contributed by atoms with E-state index in [2.05, 4.69) is 5.32 Å². The molecule has 0 radical (unpaired) electrons. The van der Waals surface area contributed by atoms with Gasteiger partial charge in [-0.3, -0.25) is 4.79 Å². The van der Waals surface area contributed by atoms with Crippen LogP contribution in [0.3, 0.4) is 0 Å². The van der Waals surface area contributed by atoms with E-state index in [1.54, 1.807) is 12.1 Å². The molecule has 2 aliphatic carbocycles. The Bertz CT molecular complexity index is 720. The van der Waals surface area contributed by atoms with Gasteiger partial charge in [-0.15, -0.1) is 0 Å². The number of fused-ring (bicyclic) bond motifs is 2. The summed E-state index contributed by atoms with van der Waals surface area (Å²) in [6, 6.07) is 4.74. The molecule has 0 aromatic heterocycles. The number of hydrogen-bond donors (Lipinski definition) is 1. The summed E-state index contributed by atoms with van der Waals surface area (Å²) in [5.41, 5.74) is -0.172. The number of hydrogen-bond acceptors (Lipinski definition) is 3. The molecule has 1 amide bonds. The highest BCUT2D eigenvalue weighted by Gasteiger charge is 2.52. The van der Waals surface area contributed by atoms with Gasteiger partial charge in [-0.2, -0.15) is 0 Å². The van der Waals surface area contributed by atoms with Crippen LogP contribution in [0.5, 0.6) is 0 Å². The zero-order valence-electron chi connectivity index (χ0n) is 16.0. The Balaban J connectivity index is 1.46. The number of carbonyl (C=O) groups is 1. The van der Waals surface area contributed by atoms with Crippen molar-refractivity contribution in [1.29, 1.82) is 0 Å². The minimum Gasteiger partial charge on any atom is -0.399 e. The summed E-state index contributed by atoms with van der Waals surface area (Å²) in [4.78, 5) is 12.5. The van der Waals surface area contributed by atoms with Crippen molar-refractivity contribution in [1.82, 2.24) is 0 Å². The SMILES string of the molecule is CC1(C)OB(c2ccc(NC(=O)C3CC4CCC3C4)cc2F)OC1(C)C. The molecule has 3 fully saturated rings. The Labute approximate surface area is 155 Å². The molecule has 4 nitrogen and oxygen atoms in total. The molecular weight excluding hydrogens is 332 g/mol. The largest absolute Gasteiger partial charge is 0.497 e. The summed E-state index contributed by atoms with van der Waals surface area (Å²) in [6.45, 7) is 7.76. The van der Waals surface area contributed by atoms with Crippen molar-refractivity contribution >= 4 is 24.2 Å². The minimum atomic E-state index is -0.740. The van der Waals surface area contributed by atoms with Gasteiger partial charge in [-0.1, -0.05) is 12.5 Å². The van der Waals surface area contributed by atoms with Gasteiger partial charge < -0.3 is 14.6 Å². The first kappa shape index (κ1) is 18.0. The van der Waals surface area contributed by atoms with Crippen LogP contribution in [0.15, 0.2) is 18.2 Å². The first-order valence-corrected chi connectivity index (χ1v) is 9.62. The molecular formula is C20H27BFNO3. The fourth-order valence-corrected chi connectivity index (χ4v) is 4.57. The van der Waals surface area contributed by atoms with Crippen molar-refractivity contribution < 1.29 is 18.5 Å². The van der Waals surface area contributed by atoms with Crippen molar-refractivity contribution in [2.75, 3.05) is 5.32 Å². The normalized spacial score (nSPS) is 31.4. The monoisotopic (exact) mass is 359 g/mol. The molecule has 1 N–H and O–H groups in total. The molecule has 0 spiro atoms. The second-order valence-corrected chi connectivity index (χ2v) is 9.10. The Hall–Kier alpha value is -1.40. The molecule has 26 heavy (non-hydrogen) atoms. The average molecular weight is 359 g/mol. The highest BCUT2D eigenvalue weighted by molar-refractivity contribution is 6.62. The Morgan fingerprint density at radius 1 is 1.15 bits per heavy atom. The molecule has 2 bridgehead atoms. The number of benzene rings is 1. The quantitative estimate of drug-likeness (QED) is 0.841. The maximum absolute atomic E-state index is 14.7. The van der Waals surface area contributed by atoms with Crippen LogP contribution < -0.4 is 10.8 Å². The maximum Gasteiger partial charge on any atom is 0.497 e. The fourth-order valence-electron chi connectivity index (χ4n) is 4.57. The van der Waals surface area contributed by atoms with E-state index >= 15 is 0 Å². The van der Waals surface area contributed by atoms with E-state index in [0.29, 0.717) is 23.0 Å². The van der Waals surface area contributed by atoms with Crippen LogP contribution in [-0.4, -0.2) is 24.2 Å². The zero-order chi connectivity index (χ0) is 18.7. The van der Waals surface area contributed by atoms with E-state index in [9.17, 15) is 9.18 Å². The van der Waals surface area contributed by atoms with Gasteiger partial charge in [-0.05, 0) is 70.9 Å². The number of nitrogens with one attached hydrogen (secondary N) is 1. The van der Waals surface area contributed by atoms with Gasteiger partial charge in [0.2, 0.25) is 5.91 Å². The molecule has 140 valence electrons. The van der Waals surface area contributed by atoms with Gasteiger partial charge >= 0.3 is 7.12 Å². The molecule has 1 heterocycles. The first-order valence-electron chi connectivity index (χ1n) is 9.62. The van der Waals surface area contributed by atoms with Crippen molar-refractivity contribution in [2.24, 2.45) is 17.8 Å². The summed E-state index contributed by atoms with van der Waals surface area (Å²) >= 11 is 0. The fraction of sp³-hybridized carbons (Fsp3) is 0.650. The lowest BCUT2D eigenvalue weighted by atomic mass is 9.78. The minimum absolute atomic E-state index is 0.0278. The molecule has 3 atom stereocenters. The summed E-state index contributed by atoms with van der Waals surface area (Å²) in [6.07, 6.45) is 4.56. The number of carbonyl (C=O) groups excluding carboxylic acids is 1. The van der Waals surface area contributed by atoms with Crippen molar-refractivity contribution in [3.8, 4) is 0 Å². The molecule has 4 rings (SSSR count). The van der Waals surface area contributed by atoms with E-state index < -0.39 is 24.1 Å². The lowest BCUT2D eigenvalue weighted by molar-refractivity contribution is -0.121. The first-order chi connectivity index (χ1) is 12.2. The number of rotatable bonds is 3. The third-order valence-corrected chi connectivity index (χ3v) is 6.85. The van der Waals surface area contributed by atoms with Crippen LogP contribution in [0.2, 0.25) is 0 Å². The summed E-state index contributed by atoms with van der Waals surface area (Å²) in [5, 5.41) is 2.90. The standard InChI is InChI=1S/C20H27BFNO3/c1-19(2)20(3,4)26-21(25-19)16-8-7-14(11-17(16)22)23-18(24)15-10-12-5-6-13(15)9-12/h7-8,11-13,15H,5-6,9-10H2,1-4H3,(H,23,24). The second-order valence-electron chi connectivity index (χ2n) is 9.10. The highest BCUT2D eigenvalue weighted by Crippen LogP contribution is 2.48. The zero-order valence-corrected chi connectivity index (χ0v) is 16.0. The molecule has 6 heteroatoms. The van der Waals surface area contributed by atoms with Gasteiger partial charge in [-0.25, -0.2) is 4.39 Å². The van der Waals surface area contributed by atoms with Crippen molar-refractivity contribution in [3.63, 3.8) is 0 Å². The van der Waals surface area contributed by atoms with Crippen LogP contribution in [0.4, 0.5) is 10.1 Å². The van der Waals surface area contributed by atoms with Gasteiger partial charge in [0.05, 0.1) is 11.2 Å². The van der Waals surface area contributed by atoms with E-state index in [4.69, 9.17) is 9.31 Å². The van der Waals surface area contributed by atoms with Crippen LogP contribution in [0, 0.1) is 23.6 Å². The maximum atomic E-state index is 14.7. The third kappa shape index (κ3) is 2.97. The molecule has 2 saturated carbocycles. The molecule has 1 aromatic rings. The number of halogens is 1. The van der Waals surface area contributed by atoms with Crippen molar-refractivity contribution in [2.45, 2.75) is 64.6 Å². The smallest absolute Gasteiger partial charge is 0.399 e. The third-order valence-electron chi connectivity index (χ3n) is 6.85. The lowest BCUT2D eigenvalue weighted by Gasteiger charge is -2.32. The van der Waals surface area contributed by atoms with Crippen LogP contribution in [-0.2, 0) is 14.1 Å². The van der Waals surface area contributed by atoms with E-state index in [1.807, 2.05) is 27.7 Å². The van der Waals surface area contributed by atoms with Crippen molar-refractivity contribution in [3.05, 3.63) is 24.0 Å². The molecule has 1 saturated heterocycles. The predicted octanol–water partition coefficient (Wildman–Crippen LogP) is 3.50. The van der Waals surface area contributed by atoms with Crippen LogP contribution >= 0.6 is 0 Å². The average Bonchev–Trinajstić information content (AvgIpc) is 3.21. The number of anilines is 1. The molecule has 1 aromatic carbocycles. The summed E-state index contributed by atoms with van der Waals surface area (Å²) < 4.78 is 26.5. The van der Waals surface area contributed by atoms with E-state index in [0.717, 1.165) is 12.8 Å². The van der Waals surface area contributed by atoms with Crippen LogP contribution in [0.1, 0.15) is 53.4 Å². The second kappa shape index (κ2) is 6.06. The molecule has 3 aliphatic rings. The molecule has 3 unspecified atom stereocenters. The Morgan fingerprint density at radius 2 is 1.85 bits per heavy atom. The molecule has 1 aliphatic heterocycles. The number of amides is 1. The lowest BCUT2D eigenvalue weighted by Crippen LogP contribution is -2.41. The highest BCUT2D eigenvalue weighted by atomic mass is 19.1. The summed E-state index contributed by atoms with van der Waals surface area (Å²) in [5.74, 6) is 0.904. The van der Waals surface area contributed by atoms with Gasteiger partial charge in [0.1, 0.15) is 5.82 Å². The summed E-state index contributed by atoms with van der Waals surface area (Å²) in [7, 11) is -0.740. The van der Waals surface area contributed by atoms with Crippen LogP contribution in [0.25, 0.3) is 0 Å². The van der Waals surface area contributed by atoms with E-state index in [1.165, 1.54) is 18.9 Å². The van der Waals surface area contributed by atoms with Gasteiger partial charge in [0.15, 0.2) is 0 Å². The Morgan fingerprint density at radius 3 is 2.38 bits per heavy atom. The topological polar surface area (TPSA) is 47.6 Å². The van der Waals surface area contributed by atoms with Gasteiger partial charge in [0, 0.05) is 17.1 Å². The predicted molar refractivity (Wildman–Crippen MR) is 99.7 cm³/mol. The van der Waals surface area contributed by atoms with Gasteiger partial charge in [0.25, 0.3) is 0 Å². The Kier molecular flexibility index (Phi) is 4.19. The van der Waals surface area contributed by atoms with E-state index in [-0.39, 0.29) is 11.8 Å².